The quantitative estimate of drug-likeness (QED) is 0.228. The summed E-state index contributed by atoms with van der Waals surface area (Å²) in [7, 11) is 1.49. The van der Waals surface area contributed by atoms with E-state index < -0.39 is 0 Å². The fourth-order valence-electron chi connectivity index (χ4n) is 5.33. The van der Waals surface area contributed by atoms with Crippen LogP contribution < -0.4 is 15.5 Å². The highest BCUT2D eigenvalue weighted by Gasteiger charge is 2.42. The number of aryl methyl sites for hydroxylation is 2. The number of hydrogen-bond acceptors (Lipinski definition) is 4. The maximum atomic E-state index is 12.1. The summed E-state index contributed by atoms with van der Waals surface area (Å²) in [6, 6.07) is 19.1. The average Bonchev–Trinajstić information content (AvgIpc) is 3.42. The van der Waals surface area contributed by atoms with Crippen LogP contribution in [-0.4, -0.2) is 34.3 Å². The molecule has 5 rings (SSSR count). The Morgan fingerprint density at radius 3 is 2.60 bits per heavy atom. The fourth-order valence-corrected chi connectivity index (χ4v) is 6.05. The second-order valence-electron chi connectivity index (χ2n) is 9.71. The van der Waals surface area contributed by atoms with E-state index in [-0.39, 0.29) is 24.6 Å². The van der Waals surface area contributed by atoms with Gasteiger partial charge in [0.25, 0.3) is 0 Å². The lowest BCUT2D eigenvalue weighted by Crippen LogP contribution is -2.29. The lowest BCUT2D eigenvalue weighted by atomic mass is 9.96. The Balaban J connectivity index is 1.63. The smallest absolute Gasteiger partial charge is 0.250 e. The van der Waals surface area contributed by atoms with Crippen molar-refractivity contribution in [1.29, 1.82) is 0 Å². The van der Waals surface area contributed by atoms with Crippen molar-refractivity contribution in [2.75, 3.05) is 23.9 Å². The van der Waals surface area contributed by atoms with Gasteiger partial charge in [-0.05, 0) is 92.6 Å². The zero-order valence-electron chi connectivity index (χ0n) is 22.5. The number of anilines is 2. The first kappa shape index (κ1) is 28.1. The summed E-state index contributed by atoms with van der Waals surface area (Å²) >= 11 is 19.0. The molecule has 2 unspecified atom stereocenters. The Hall–Kier alpha value is -3.43. The average molecular weight is 595 g/mol. The molecule has 0 aliphatic carbocycles. The van der Waals surface area contributed by atoms with E-state index in [1.807, 2.05) is 55.5 Å². The summed E-state index contributed by atoms with van der Waals surface area (Å²) in [6.07, 6.45) is 1.79. The van der Waals surface area contributed by atoms with Crippen molar-refractivity contribution in [2.45, 2.75) is 32.9 Å². The van der Waals surface area contributed by atoms with Gasteiger partial charge in [-0.25, -0.2) is 0 Å². The topological polar surface area (TPSA) is 71.4 Å². The molecule has 2 atom stereocenters. The number of aromatic nitrogens is 2. The Morgan fingerprint density at radius 2 is 1.90 bits per heavy atom. The molecule has 0 spiro atoms. The predicted molar refractivity (Wildman–Crippen MR) is 165 cm³/mol. The molecule has 1 fully saturated rings. The first-order valence-electron chi connectivity index (χ1n) is 12.7. The normalized spacial score (nSPS) is 16.8. The van der Waals surface area contributed by atoms with Crippen LogP contribution in [0.3, 0.4) is 0 Å². The summed E-state index contributed by atoms with van der Waals surface area (Å²) in [5, 5.41) is 8.00. The number of thiocarbonyl (C=S) groups is 1. The first-order valence-corrected chi connectivity index (χ1v) is 13.9. The SMILES string of the molecule is COCC(=O)Nc1ccc(N2C(=S)NC(c3ccccn3)C2c2cc(C)n(-c3cccc(Cl)c3Cl)c2C)cc1C. The summed E-state index contributed by atoms with van der Waals surface area (Å²) < 4.78 is 7.07. The number of methoxy groups -OCH3 is 1. The molecule has 1 aliphatic rings. The number of benzene rings is 2. The Morgan fingerprint density at radius 1 is 1.10 bits per heavy atom. The largest absolute Gasteiger partial charge is 0.375 e. The lowest BCUT2D eigenvalue weighted by molar-refractivity contribution is -0.119. The minimum atomic E-state index is -0.214. The summed E-state index contributed by atoms with van der Waals surface area (Å²) in [5.41, 5.74) is 7.32. The molecular formula is C30H29Cl2N5O2S. The van der Waals surface area contributed by atoms with Crippen LogP contribution in [0.5, 0.6) is 0 Å². The molecule has 0 radical (unpaired) electrons. The van der Waals surface area contributed by atoms with Gasteiger partial charge in [-0.15, -0.1) is 0 Å². The number of nitrogens with zero attached hydrogens (tertiary/aromatic N) is 3. The zero-order chi connectivity index (χ0) is 28.6. The maximum absolute atomic E-state index is 12.1. The van der Waals surface area contributed by atoms with Gasteiger partial charge in [0.2, 0.25) is 5.91 Å². The van der Waals surface area contributed by atoms with E-state index in [1.54, 1.807) is 12.3 Å². The molecule has 3 heterocycles. The monoisotopic (exact) mass is 593 g/mol. The molecule has 2 aromatic heterocycles. The molecule has 1 aliphatic heterocycles. The number of amides is 1. The highest BCUT2D eigenvalue weighted by molar-refractivity contribution is 7.80. The minimum absolute atomic E-state index is 0.0125. The van der Waals surface area contributed by atoms with Gasteiger partial charge in [-0.2, -0.15) is 0 Å². The van der Waals surface area contributed by atoms with E-state index in [4.69, 9.17) is 40.2 Å². The van der Waals surface area contributed by atoms with Crippen molar-refractivity contribution in [3.8, 4) is 5.69 Å². The third-order valence-electron chi connectivity index (χ3n) is 7.10. The number of carbonyl (C=O) groups excluding carboxylic acids is 1. The van der Waals surface area contributed by atoms with E-state index in [1.165, 1.54) is 7.11 Å². The van der Waals surface area contributed by atoms with E-state index in [0.717, 1.165) is 45.3 Å². The molecule has 4 aromatic rings. The third kappa shape index (κ3) is 5.20. The third-order valence-corrected chi connectivity index (χ3v) is 8.22. The van der Waals surface area contributed by atoms with Gasteiger partial charge < -0.3 is 24.8 Å². The number of rotatable bonds is 7. The fraction of sp³-hybridized carbons (Fsp3) is 0.233. The van der Waals surface area contributed by atoms with Crippen LogP contribution in [0.1, 0.15) is 40.3 Å². The van der Waals surface area contributed by atoms with Crippen LogP contribution in [0.2, 0.25) is 10.0 Å². The Kier molecular flexibility index (Phi) is 8.14. The highest BCUT2D eigenvalue weighted by atomic mass is 35.5. The van der Waals surface area contributed by atoms with Crippen LogP contribution in [0.25, 0.3) is 5.69 Å². The van der Waals surface area contributed by atoms with Gasteiger partial charge in [-0.1, -0.05) is 35.3 Å². The molecular weight excluding hydrogens is 565 g/mol. The second-order valence-corrected chi connectivity index (χ2v) is 10.9. The van der Waals surface area contributed by atoms with Gasteiger partial charge in [0.15, 0.2) is 5.11 Å². The number of nitrogens with one attached hydrogen (secondary N) is 2. The van der Waals surface area contributed by atoms with Gasteiger partial charge >= 0.3 is 0 Å². The van der Waals surface area contributed by atoms with Crippen LogP contribution >= 0.6 is 35.4 Å². The second kappa shape index (κ2) is 11.6. The number of carbonyl (C=O) groups is 1. The maximum Gasteiger partial charge on any atom is 0.250 e. The standard InChI is InChI=1S/C30H29Cl2N5O2S/c1-17-14-20(11-12-23(17)34-26(38)16-39-4)37-29(28(35-30(37)40)24-9-5-6-13-33-24)21-15-18(2)36(19(21)3)25-10-7-8-22(31)27(25)32/h5-15,28-29H,16H2,1-4H3,(H,34,38)(H,35,40). The number of ether oxygens (including phenoxy) is 1. The van der Waals surface area contributed by atoms with Crippen LogP contribution in [0.4, 0.5) is 11.4 Å². The van der Waals surface area contributed by atoms with Crippen LogP contribution in [0.15, 0.2) is 66.9 Å². The molecule has 2 N–H and O–H groups in total. The molecule has 40 heavy (non-hydrogen) atoms. The van der Waals surface area contributed by atoms with Crippen LogP contribution in [0, 0.1) is 20.8 Å². The molecule has 0 saturated carbocycles. The zero-order valence-corrected chi connectivity index (χ0v) is 24.9. The summed E-state index contributed by atoms with van der Waals surface area (Å²) in [6.45, 7) is 6.07. The highest BCUT2D eigenvalue weighted by Crippen LogP contribution is 2.45. The summed E-state index contributed by atoms with van der Waals surface area (Å²) in [4.78, 5) is 18.9. The molecule has 1 amide bonds. The molecule has 2 aromatic carbocycles. The molecule has 7 nitrogen and oxygen atoms in total. The van der Waals surface area contributed by atoms with Crippen LogP contribution in [-0.2, 0) is 9.53 Å². The summed E-state index contributed by atoms with van der Waals surface area (Å²) in [5.74, 6) is -0.211. The number of hydrogen-bond donors (Lipinski definition) is 2. The van der Waals surface area contributed by atoms with Crippen molar-refractivity contribution in [3.63, 3.8) is 0 Å². The van der Waals surface area contributed by atoms with E-state index in [0.29, 0.717) is 15.2 Å². The Bertz CT molecular complexity index is 1590. The Labute approximate surface area is 249 Å². The van der Waals surface area contributed by atoms with Crippen molar-refractivity contribution < 1.29 is 9.53 Å². The lowest BCUT2D eigenvalue weighted by Gasteiger charge is -2.29. The van der Waals surface area contributed by atoms with Gasteiger partial charge in [0.1, 0.15) is 6.61 Å². The van der Waals surface area contributed by atoms with Crippen molar-refractivity contribution in [3.05, 3.63) is 105 Å². The van der Waals surface area contributed by atoms with Crippen molar-refractivity contribution in [1.82, 2.24) is 14.9 Å². The molecule has 206 valence electrons. The predicted octanol–water partition coefficient (Wildman–Crippen LogP) is 6.87. The first-order chi connectivity index (χ1) is 19.2. The van der Waals surface area contributed by atoms with E-state index in [9.17, 15) is 4.79 Å². The van der Waals surface area contributed by atoms with Gasteiger partial charge in [0.05, 0.1) is 33.5 Å². The number of pyridine rings is 1. The van der Waals surface area contributed by atoms with Crippen molar-refractivity contribution >= 4 is 57.8 Å². The van der Waals surface area contributed by atoms with E-state index in [2.05, 4.69) is 45.0 Å². The van der Waals surface area contributed by atoms with Crippen molar-refractivity contribution in [2.24, 2.45) is 0 Å². The number of halogens is 2. The minimum Gasteiger partial charge on any atom is -0.375 e. The molecule has 0 bridgehead atoms. The van der Waals surface area contributed by atoms with Gasteiger partial charge in [0, 0.05) is 36.1 Å². The molecule has 10 heteroatoms. The molecule has 1 saturated heterocycles. The van der Waals surface area contributed by atoms with Gasteiger partial charge in [-0.3, -0.25) is 9.78 Å². The van der Waals surface area contributed by atoms with E-state index >= 15 is 0 Å².